The fourth-order valence-corrected chi connectivity index (χ4v) is 8.97. The van der Waals surface area contributed by atoms with E-state index in [1.807, 2.05) is 3.88 Å². The Kier molecular flexibility index (Phi) is 8.95. The molecule has 0 saturated carbocycles. The number of halogens is 2. The van der Waals surface area contributed by atoms with Crippen LogP contribution in [0.15, 0.2) is 51.2 Å². The summed E-state index contributed by atoms with van der Waals surface area (Å²) in [6.45, 7) is 9.58. The minimum atomic E-state index is -0.127. The van der Waals surface area contributed by atoms with Crippen molar-refractivity contribution in [1.82, 2.24) is 0 Å². The molecule has 2 aliphatic carbocycles. The predicted octanol–water partition coefficient (Wildman–Crippen LogP) is 0.564. The molecule has 0 heterocycles. The molecule has 0 N–H and O–H groups in total. The Balaban J connectivity index is 0.00000156. The maximum Gasteiger partial charge on any atom is -1.00 e. The molecule has 1 aromatic carbocycles. The molecular formula is C21H27F2PTi. The third-order valence-electron chi connectivity index (χ3n) is 4.96. The van der Waals surface area contributed by atoms with Crippen LogP contribution in [0, 0.1) is 5.92 Å². The molecule has 1 aromatic rings. The van der Waals surface area contributed by atoms with E-state index in [9.17, 15) is 0 Å². The quantitative estimate of drug-likeness (QED) is 0.487. The van der Waals surface area contributed by atoms with Crippen molar-refractivity contribution < 1.29 is 28.6 Å². The molecule has 2 unspecified atom stereocenters. The molecule has 0 bridgehead atoms. The Morgan fingerprint density at radius 3 is 2.60 bits per heavy atom. The zero-order chi connectivity index (χ0) is 16.4. The van der Waals surface area contributed by atoms with Gasteiger partial charge in [-0.15, -0.1) is 0 Å². The van der Waals surface area contributed by atoms with E-state index in [1.165, 1.54) is 24.8 Å². The van der Waals surface area contributed by atoms with Crippen LogP contribution >= 0.6 is 7.92 Å². The van der Waals surface area contributed by atoms with Gasteiger partial charge in [-0.25, -0.2) is 0 Å². The van der Waals surface area contributed by atoms with Crippen LogP contribution in [0.3, 0.4) is 0 Å². The van der Waals surface area contributed by atoms with E-state index in [1.54, 1.807) is 16.5 Å². The summed E-state index contributed by atoms with van der Waals surface area (Å²) in [5.41, 5.74) is 4.79. The first-order valence-electron chi connectivity index (χ1n) is 8.75. The third-order valence-corrected chi connectivity index (χ3v) is 9.50. The normalized spacial score (nSPS) is 19.1. The Hall–Kier alpha value is -0.556. The van der Waals surface area contributed by atoms with Gasteiger partial charge in [0, 0.05) is 0 Å². The molecule has 4 heteroatoms. The van der Waals surface area contributed by atoms with E-state index in [0.717, 1.165) is 10.1 Å². The number of allylic oxidation sites excluding steroid dienone is 5. The molecule has 0 amide bonds. The molecule has 25 heavy (non-hydrogen) atoms. The zero-order valence-electron chi connectivity index (χ0n) is 15.5. The van der Waals surface area contributed by atoms with Crippen LogP contribution < -0.4 is 9.41 Å². The predicted molar refractivity (Wildman–Crippen MR) is 101 cm³/mol. The van der Waals surface area contributed by atoms with E-state index >= 15 is 0 Å². The van der Waals surface area contributed by atoms with Gasteiger partial charge in [-0.2, -0.15) is 0 Å². The maximum atomic E-state index is 2.51. The molecule has 0 spiro atoms. The van der Waals surface area contributed by atoms with Gasteiger partial charge >= 0.3 is 152 Å². The van der Waals surface area contributed by atoms with Crippen LogP contribution in [-0.2, 0) is 19.2 Å². The molecule has 3 rings (SSSR count). The molecule has 0 saturated heterocycles. The second kappa shape index (κ2) is 9.95. The number of benzene rings is 1. The molecule has 0 fully saturated rings. The average Bonchev–Trinajstić information content (AvgIpc) is 3.13. The van der Waals surface area contributed by atoms with Gasteiger partial charge in [0.2, 0.25) is 0 Å². The first-order valence-corrected chi connectivity index (χ1v) is 12.7. The Morgan fingerprint density at radius 2 is 1.92 bits per heavy atom. The largest absolute Gasteiger partial charge is 1.00 e. The smallest absolute Gasteiger partial charge is 1.00 e. The van der Waals surface area contributed by atoms with Crippen LogP contribution in [0.1, 0.15) is 48.5 Å². The van der Waals surface area contributed by atoms with Gasteiger partial charge in [-0.05, 0) is 0 Å². The first kappa shape index (κ1) is 22.5. The summed E-state index contributed by atoms with van der Waals surface area (Å²) in [6, 6.07) is 9.10. The molecule has 0 aromatic heterocycles. The molecule has 0 radical (unpaired) electrons. The van der Waals surface area contributed by atoms with Crippen molar-refractivity contribution in [3.63, 3.8) is 0 Å². The monoisotopic (exact) mass is 396 g/mol. The van der Waals surface area contributed by atoms with Crippen LogP contribution in [0.5, 0.6) is 0 Å². The van der Waals surface area contributed by atoms with Gasteiger partial charge in [-0.3, -0.25) is 0 Å². The summed E-state index contributed by atoms with van der Waals surface area (Å²) in [7, 11) is 0.00560. The fraction of sp³-hybridized carbons (Fsp3) is 0.429. The molecule has 2 atom stereocenters. The molecule has 2 aliphatic rings. The van der Waals surface area contributed by atoms with Gasteiger partial charge in [0.15, 0.2) is 0 Å². The van der Waals surface area contributed by atoms with Gasteiger partial charge in [0.1, 0.15) is 0 Å². The maximum absolute atomic E-state index is 2.51. The van der Waals surface area contributed by atoms with Gasteiger partial charge in [-0.1, -0.05) is 0 Å². The van der Waals surface area contributed by atoms with Crippen molar-refractivity contribution in [3.8, 4) is 0 Å². The standard InChI is InChI=1S/C11H12P.C10H15.2FH.Ti/c1-12(2)11-7-9-5-3-4-6-10(9)8-11;1-3-6-9(2)10-7-4-5-8-10;;;/h3-8H,1-2H3;4,7,9H,3,5-6H2,1-2H3;2*1H;/q;;;;+2/p-2. The summed E-state index contributed by atoms with van der Waals surface area (Å²) in [5, 5.41) is 1.74. The molecule has 0 nitrogen and oxygen atoms in total. The number of hydrogen-bond acceptors (Lipinski definition) is 0. The third kappa shape index (κ3) is 4.79. The SMILES string of the molecule is CCCC(C)C1=[C]([Ti+2][CH]2C(P(C)C)=Cc3ccccc32)CC=C1.[F-].[F-]. The van der Waals surface area contributed by atoms with Gasteiger partial charge in [0.25, 0.3) is 0 Å². The van der Waals surface area contributed by atoms with E-state index in [4.69, 9.17) is 0 Å². The van der Waals surface area contributed by atoms with Crippen molar-refractivity contribution in [2.75, 3.05) is 13.3 Å². The van der Waals surface area contributed by atoms with Crippen molar-refractivity contribution >= 4 is 14.0 Å². The Labute approximate surface area is 161 Å². The van der Waals surface area contributed by atoms with Gasteiger partial charge in [0.05, 0.1) is 0 Å². The Bertz CT molecular complexity index is 676. The Morgan fingerprint density at radius 1 is 1.20 bits per heavy atom. The fourth-order valence-electron chi connectivity index (χ4n) is 3.74. The van der Waals surface area contributed by atoms with Crippen LogP contribution in [0.4, 0.5) is 0 Å². The summed E-state index contributed by atoms with van der Waals surface area (Å²) < 4.78 is 2.56. The number of fused-ring (bicyclic) bond motifs is 1. The average molecular weight is 396 g/mol. The summed E-state index contributed by atoms with van der Waals surface area (Å²) >= 11 is -0.127. The minimum absolute atomic E-state index is 0. The number of rotatable bonds is 6. The zero-order valence-corrected chi connectivity index (χ0v) is 18.0. The topological polar surface area (TPSA) is 0 Å². The van der Waals surface area contributed by atoms with Crippen LogP contribution in [0.2, 0.25) is 0 Å². The second-order valence-corrected chi connectivity index (χ2v) is 11.5. The van der Waals surface area contributed by atoms with E-state index < -0.39 is 0 Å². The number of hydrogen-bond donors (Lipinski definition) is 0. The van der Waals surface area contributed by atoms with Crippen molar-refractivity contribution in [3.05, 3.63) is 62.3 Å². The minimum Gasteiger partial charge on any atom is -1.00 e. The summed E-state index contributed by atoms with van der Waals surface area (Å²) in [4.78, 5) is 0. The van der Waals surface area contributed by atoms with E-state index in [2.05, 4.69) is 69.7 Å². The van der Waals surface area contributed by atoms with Crippen molar-refractivity contribution in [1.29, 1.82) is 0 Å². The van der Waals surface area contributed by atoms with Crippen LogP contribution in [0.25, 0.3) is 6.08 Å². The van der Waals surface area contributed by atoms with Crippen LogP contribution in [-0.4, -0.2) is 13.3 Å². The first-order chi connectivity index (χ1) is 11.1. The van der Waals surface area contributed by atoms with Crippen molar-refractivity contribution in [2.45, 2.75) is 37.3 Å². The molecular weight excluding hydrogens is 369 g/mol. The summed E-state index contributed by atoms with van der Waals surface area (Å²) in [5.74, 6) is 0.742. The summed E-state index contributed by atoms with van der Waals surface area (Å²) in [6.07, 6.45) is 11.2. The van der Waals surface area contributed by atoms with E-state index in [0.29, 0.717) is 0 Å². The molecule has 0 aliphatic heterocycles. The molecule has 134 valence electrons. The van der Waals surface area contributed by atoms with Crippen molar-refractivity contribution in [2.24, 2.45) is 5.92 Å². The van der Waals surface area contributed by atoms with E-state index in [-0.39, 0.29) is 36.5 Å². The second-order valence-electron chi connectivity index (χ2n) is 6.90. The van der Waals surface area contributed by atoms with Gasteiger partial charge < -0.3 is 9.41 Å².